The summed E-state index contributed by atoms with van der Waals surface area (Å²) in [6.07, 6.45) is 4.58. The van der Waals surface area contributed by atoms with Crippen LogP contribution in [0, 0.1) is 0 Å². The molecular weight excluding hydrogens is 286 g/mol. The second kappa shape index (κ2) is 5.43. The third-order valence-electron chi connectivity index (χ3n) is 2.92. The first-order chi connectivity index (χ1) is 7.76. The summed E-state index contributed by atoms with van der Waals surface area (Å²) in [7, 11) is 1.72. The molecule has 2 nitrogen and oxygen atoms in total. The molecule has 0 amide bonds. The molecule has 1 heterocycles. The third-order valence-corrected chi connectivity index (χ3v) is 4.25. The Balaban J connectivity index is 2.36. The van der Waals surface area contributed by atoms with Crippen LogP contribution in [0.25, 0.3) is 0 Å². The molecule has 1 N–H and O–H groups in total. The number of halogens is 1. The van der Waals surface area contributed by atoms with Gasteiger partial charge in [0.15, 0.2) is 0 Å². The van der Waals surface area contributed by atoms with Gasteiger partial charge in [-0.15, -0.1) is 11.8 Å². The van der Waals surface area contributed by atoms with Gasteiger partial charge in [0.2, 0.25) is 0 Å². The summed E-state index contributed by atoms with van der Waals surface area (Å²) in [5, 5.41) is 3.52. The number of methoxy groups -OCH3 is 1. The molecule has 1 aliphatic heterocycles. The van der Waals surface area contributed by atoms with Crippen LogP contribution in [0.2, 0.25) is 0 Å². The van der Waals surface area contributed by atoms with Crippen LogP contribution in [0.1, 0.15) is 24.4 Å². The van der Waals surface area contributed by atoms with Crippen molar-refractivity contribution < 1.29 is 4.74 Å². The number of benzene rings is 1. The topological polar surface area (TPSA) is 21.3 Å². The summed E-state index contributed by atoms with van der Waals surface area (Å²) < 4.78 is 6.44. The van der Waals surface area contributed by atoms with Crippen molar-refractivity contribution in [2.45, 2.75) is 23.8 Å². The second-order valence-electron chi connectivity index (χ2n) is 3.89. The molecule has 1 saturated heterocycles. The maximum atomic E-state index is 5.40. The first-order valence-electron chi connectivity index (χ1n) is 5.41. The predicted molar refractivity (Wildman–Crippen MR) is 72.5 cm³/mol. The molecule has 16 heavy (non-hydrogen) atoms. The van der Waals surface area contributed by atoms with Gasteiger partial charge in [0.25, 0.3) is 0 Å². The Morgan fingerprint density at radius 2 is 2.31 bits per heavy atom. The first-order valence-corrected chi connectivity index (χ1v) is 7.43. The lowest BCUT2D eigenvalue weighted by Crippen LogP contribution is -2.13. The van der Waals surface area contributed by atoms with Crippen LogP contribution in [0.15, 0.2) is 21.5 Å². The smallest absolute Gasteiger partial charge is 0.146 e. The fourth-order valence-corrected chi connectivity index (χ4v) is 3.51. The average Bonchev–Trinajstić information content (AvgIpc) is 2.81. The maximum Gasteiger partial charge on any atom is 0.146 e. The standard InChI is InChI=1S/C12H16BrNOS/c1-15-12-9(13)6-8(7-11(12)16-2)10-4-3-5-14-10/h6-7,10,14H,3-5H2,1-2H3. The number of hydrogen-bond donors (Lipinski definition) is 1. The van der Waals surface area contributed by atoms with Crippen molar-refractivity contribution in [2.24, 2.45) is 0 Å². The molecule has 0 spiro atoms. The highest BCUT2D eigenvalue weighted by atomic mass is 79.9. The van der Waals surface area contributed by atoms with Crippen LogP contribution in [0.5, 0.6) is 5.75 Å². The summed E-state index contributed by atoms with van der Waals surface area (Å²) in [5.41, 5.74) is 1.36. The second-order valence-corrected chi connectivity index (χ2v) is 5.59. The van der Waals surface area contributed by atoms with E-state index >= 15 is 0 Å². The molecule has 4 heteroatoms. The Labute approximate surface area is 109 Å². The van der Waals surface area contributed by atoms with E-state index in [1.807, 2.05) is 0 Å². The third kappa shape index (κ3) is 2.39. The van der Waals surface area contributed by atoms with E-state index in [9.17, 15) is 0 Å². The van der Waals surface area contributed by atoms with Gasteiger partial charge >= 0.3 is 0 Å². The Morgan fingerprint density at radius 3 is 2.88 bits per heavy atom. The minimum atomic E-state index is 0.508. The molecular formula is C12H16BrNOS. The van der Waals surface area contributed by atoms with E-state index in [4.69, 9.17) is 4.74 Å². The van der Waals surface area contributed by atoms with E-state index in [-0.39, 0.29) is 0 Å². The maximum absolute atomic E-state index is 5.40. The number of thioether (sulfide) groups is 1. The molecule has 1 fully saturated rings. The van der Waals surface area contributed by atoms with Crippen molar-refractivity contribution in [2.75, 3.05) is 19.9 Å². The summed E-state index contributed by atoms with van der Waals surface area (Å²) in [6, 6.07) is 4.91. The van der Waals surface area contributed by atoms with Crippen LogP contribution in [0.3, 0.4) is 0 Å². The normalized spacial score (nSPS) is 20.1. The van der Waals surface area contributed by atoms with Crippen molar-refractivity contribution in [3.05, 3.63) is 22.2 Å². The van der Waals surface area contributed by atoms with Crippen molar-refractivity contribution in [1.82, 2.24) is 5.32 Å². The van der Waals surface area contributed by atoms with Gasteiger partial charge in [-0.05, 0) is 59.3 Å². The molecule has 0 radical (unpaired) electrons. The van der Waals surface area contributed by atoms with Gasteiger partial charge in [-0.1, -0.05) is 0 Å². The molecule has 2 rings (SSSR count). The Hall–Kier alpha value is -0.190. The lowest BCUT2D eigenvalue weighted by molar-refractivity contribution is 0.401. The Bertz CT molecular complexity index is 378. The Morgan fingerprint density at radius 1 is 1.50 bits per heavy atom. The van der Waals surface area contributed by atoms with E-state index < -0.39 is 0 Å². The minimum absolute atomic E-state index is 0.508. The van der Waals surface area contributed by atoms with Gasteiger partial charge < -0.3 is 10.1 Å². The zero-order chi connectivity index (χ0) is 11.5. The van der Waals surface area contributed by atoms with Gasteiger partial charge in [0, 0.05) is 6.04 Å². The summed E-state index contributed by atoms with van der Waals surface area (Å²) in [5.74, 6) is 0.939. The highest BCUT2D eigenvalue weighted by Gasteiger charge is 2.19. The van der Waals surface area contributed by atoms with E-state index in [1.54, 1.807) is 18.9 Å². The molecule has 0 aliphatic carbocycles. The lowest BCUT2D eigenvalue weighted by atomic mass is 10.1. The van der Waals surface area contributed by atoms with Crippen LogP contribution >= 0.6 is 27.7 Å². The van der Waals surface area contributed by atoms with Gasteiger partial charge in [0.1, 0.15) is 5.75 Å². The highest BCUT2D eigenvalue weighted by Crippen LogP contribution is 2.38. The molecule has 0 aromatic heterocycles. The van der Waals surface area contributed by atoms with Crippen LogP contribution in [-0.4, -0.2) is 19.9 Å². The largest absolute Gasteiger partial charge is 0.494 e. The van der Waals surface area contributed by atoms with E-state index in [2.05, 4.69) is 39.6 Å². The average molecular weight is 302 g/mol. The minimum Gasteiger partial charge on any atom is -0.494 e. The molecule has 0 saturated carbocycles. The Kier molecular flexibility index (Phi) is 4.16. The number of ether oxygens (including phenoxy) is 1. The lowest BCUT2D eigenvalue weighted by Gasteiger charge is -2.15. The number of hydrogen-bond acceptors (Lipinski definition) is 3. The first kappa shape index (κ1) is 12.3. The van der Waals surface area contributed by atoms with Crippen LogP contribution in [-0.2, 0) is 0 Å². The van der Waals surface area contributed by atoms with E-state index in [0.29, 0.717) is 6.04 Å². The zero-order valence-corrected chi connectivity index (χ0v) is 12.0. The predicted octanol–water partition coefficient (Wildman–Crippen LogP) is 3.60. The fraction of sp³-hybridized carbons (Fsp3) is 0.500. The van der Waals surface area contributed by atoms with Gasteiger partial charge in [-0.25, -0.2) is 0 Å². The fourth-order valence-electron chi connectivity index (χ4n) is 2.11. The molecule has 1 unspecified atom stereocenters. The quantitative estimate of drug-likeness (QED) is 0.862. The van der Waals surface area contributed by atoms with Crippen LogP contribution < -0.4 is 10.1 Å². The number of nitrogens with one attached hydrogen (secondary N) is 1. The van der Waals surface area contributed by atoms with Crippen molar-refractivity contribution in [3.8, 4) is 5.75 Å². The van der Waals surface area contributed by atoms with Gasteiger partial charge in [-0.2, -0.15) is 0 Å². The van der Waals surface area contributed by atoms with Crippen molar-refractivity contribution in [3.63, 3.8) is 0 Å². The van der Waals surface area contributed by atoms with Gasteiger partial charge in [0.05, 0.1) is 16.5 Å². The monoisotopic (exact) mass is 301 g/mol. The molecule has 0 bridgehead atoms. The van der Waals surface area contributed by atoms with E-state index in [0.717, 1.165) is 16.8 Å². The number of rotatable bonds is 3. The zero-order valence-electron chi connectivity index (χ0n) is 9.55. The summed E-state index contributed by atoms with van der Waals surface area (Å²) >= 11 is 5.30. The summed E-state index contributed by atoms with van der Waals surface area (Å²) in [6.45, 7) is 1.13. The summed E-state index contributed by atoms with van der Waals surface area (Å²) in [4.78, 5) is 1.19. The molecule has 88 valence electrons. The molecule has 1 aromatic rings. The van der Waals surface area contributed by atoms with Gasteiger partial charge in [-0.3, -0.25) is 0 Å². The van der Waals surface area contributed by atoms with Crippen molar-refractivity contribution >= 4 is 27.7 Å². The molecule has 1 aliphatic rings. The molecule has 1 aromatic carbocycles. The SMILES string of the molecule is COc1c(Br)cc(C2CCCN2)cc1SC. The van der Waals surface area contributed by atoms with Crippen molar-refractivity contribution in [1.29, 1.82) is 0 Å². The van der Waals surface area contributed by atoms with E-state index in [1.165, 1.54) is 23.3 Å². The van der Waals surface area contributed by atoms with Crippen LogP contribution in [0.4, 0.5) is 0 Å². The highest BCUT2D eigenvalue weighted by molar-refractivity contribution is 9.10. The molecule has 1 atom stereocenters.